The number of piperidine rings is 1. The molecule has 0 atom stereocenters. The monoisotopic (exact) mass is 529 g/mol. The van der Waals surface area contributed by atoms with E-state index in [1.807, 2.05) is 40.3 Å². The standard InChI is InChI=1S/C27H27N7O3S/c1-17(35)31-10-6-19(7-11-31)34-23-5-4-20(12-18(23)15-30-34)33-26(38)32(25(36)27(33)8-3-9-27)21-13-24(37-2)22(14-28)29-16-21/h4-5,12-13,15-16,19H,3,6-11H2,1-2H3. The van der Waals surface area contributed by atoms with Crippen molar-refractivity contribution in [1.82, 2.24) is 19.7 Å². The van der Waals surface area contributed by atoms with E-state index in [0.29, 0.717) is 29.4 Å². The number of thiocarbonyl (C=S) groups is 1. The van der Waals surface area contributed by atoms with Crippen LogP contribution in [0.5, 0.6) is 5.75 Å². The number of amides is 2. The second-order valence-electron chi connectivity index (χ2n) is 10.1. The van der Waals surface area contributed by atoms with Gasteiger partial charge in [-0.25, -0.2) is 4.98 Å². The molecular formula is C27H27N7O3S. The number of benzene rings is 1. The molecule has 0 radical (unpaired) electrons. The maximum atomic E-state index is 13.8. The average molecular weight is 530 g/mol. The van der Waals surface area contributed by atoms with Crippen LogP contribution in [0.15, 0.2) is 36.7 Å². The molecule has 4 heterocycles. The lowest BCUT2D eigenvalue weighted by molar-refractivity contribution is -0.130. The Kier molecular flexibility index (Phi) is 5.79. The fourth-order valence-corrected chi connectivity index (χ4v) is 6.37. The van der Waals surface area contributed by atoms with E-state index in [0.717, 1.165) is 48.9 Å². The number of likely N-dealkylation sites (tertiary alicyclic amines) is 1. The van der Waals surface area contributed by atoms with Crippen molar-refractivity contribution in [2.45, 2.75) is 50.6 Å². The van der Waals surface area contributed by atoms with Gasteiger partial charge in [-0.05, 0) is 62.5 Å². The second-order valence-corrected chi connectivity index (χ2v) is 10.4. The van der Waals surface area contributed by atoms with Gasteiger partial charge in [0.1, 0.15) is 11.6 Å². The van der Waals surface area contributed by atoms with Crippen LogP contribution >= 0.6 is 12.2 Å². The smallest absolute Gasteiger partial charge is 0.259 e. The molecule has 10 nitrogen and oxygen atoms in total. The Balaban J connectivity index is 1.33. The van der Waals surface area contributed by atoms with E-state index in [1.54, 1.807) is 13.0 Å². The van der Waals surface area contributed by atoms with Crippen LogP contribution in [-0.4, -0.2) is 62.3 Å². The number of carbonyl (C=O) groups is 2. The van der Waals surface area contributed by atoms with E-state index in [1.165, 1.54) is 18.2 Å². The minimum Gasteiger partial charge on any atom is -0.494 e. The van der Waals surface area contributed by atoms with Crippen LogP contribution in [0, 0.1) is 11.3 Å². The van der Waals surface area contributed by atoms with Gasteiger partial charge in [-0.3, -0.25) is 19.2 Å². The molecule has 1 spiro atoms. The summed E-state index contributed by atoms with van der Waals surface area (Å²) in [4.78, 5) is 35.1. The van der Waals surface area contributed by atoms with E-state index < -0.39 is 5.54 Å². The van der Waals surface area contributed by atoms with Gasteiger partial charge >= 0.3 is 0 Å². The van der Waals surface area contributed by atoms with E-state index >= 15 is 0 Å². The van der Waals surface area contributed by atoms with Crippen LogP contribution < -0.4 is 14.5 Å². The molecule has 0 bridgehead atoms. The van der Waals surface area contributed by atoms with Gasteiger partial charge in [0.05, 0.1) is 36.7 Å². The third-order valence-electron chi connectivity index (χ3n) is 8.11. The van der Waals surface area contributed by atoms with Gasteiger partial charge in [0, 0.05) is 37.2 Å². The highest BCUT2D eigenvalue weighted by atomic mass is 32.1. The minimum absolute atomic E-state index is 0.0877. The SMILES string of the molecule is COc1cc(N2C(=O)C3(CCC3)N(c3ccc4c(cnn4C4CCN(C(C)=O)CC4)c3)C2=S)cnc1C#N. The van der Waals surface area contributed by atoms with Gasteiger partial charge in [-0.15, -0.1) is 0 Å². The summed E-state index contributed by atoms with van der Waals surface area (Å²) in [7, 11) is 1.47. The van der Waals surface area contributed by atoms with Crippen molar-refractivity contribution in [3.8, 4) is 11.8 Å². The number of nitrogens with zero attached hydrogens (tertiary/aromatic N) is 7. The summed E-state index contributed by atoms with van der Waals surface area (Å²) in [6.07, 6.45) is 7.42. The van der Waals surface area contributed by atoms with E-state index in [9.17, 15) is 14.9 Å². The maximum absolute atomic E-state index is 13.8. The van der Waals surface area contributed by atoms with E-state index in [2.05, 4.69) is 9.67 Å². The predicted molar refractivity (Wildman–Crippen MR) is 145 cm³/mol. The topological polar surface area (TPSA) is 108 Å². The van der Waals surface area contributed by atoms with Crippen LogP contribution in [0.3, 0.4) is 0 Å². The summed E-state index contributed by atoms with van der Waals surface area (Å²) in [6.45, 7) is 3.08. The summed E-state index contributed by atoms with van der Waals surface area (Å²) in [5.74, 6) is 0.323. The molecule has 1 saturated carbocycles. The maximum Gasteiger partial charge on any atom is 0.259 e. The lowest BCUT2D eigenvalue weighted by Crippen LogP contribution is -2.55. The lowest BCUT2D eigenvalue weighted by Gasteiger charge is -2.43. The van der Waals surface area contributed by atoms with Gasteiger partial charge in [-0.1, -0.05) is 0 Å². The van der Waals surface area contributed by atoms with Crippen molar-refractivity contribution >= 4 is 51.4 Å². The average Bonchev–Trinajstić information content (AvgIpc) is 3.43. The number of fused-ring (bicyclic) bond motifs is 1. The Bertz CT molecular complexity index is 1510. The lowest BCUT2D eigenvalue weighted by atomic mass is 9.75. The van der Waals surface area contributed by atoms with Crippen molar-refractivity contribution in [3.05, 3.63) is 42.4 Å². The fourth-order valence-electron chi connectivity index (χ4n) is 5.90. The summed E-state index contributed by atoms with van der Waals surface area (Å²) in [5, 5.41) is 15.4. The minimum atomic E-state index is -0.735. The highest BCUT2D eigenvalue weighted by Crippen LogP contribution is 2.48. The van der Waals surface area contributed by atoms with Crippen molar-refractivity contribution in [3.63, 3.8) is 0 Å². The Labute approximate surface area is 225 Å². The Hall–Kier alpha value is -4.04. The highest BCUT2D eigenvalue weighted by Gasteiger charge is 2.59. The van der Waals surface area contributed by atoms with E-state index in [4.69, 9.17) is 22.1 Å². The molecule has 0 unspecified atom stereocenters. The van der Waals surface area contributed by atoms with Gasteiger partial charge in [0.15, 0.2) is 16.6 Å². The molecular weight excluding hydrogens is 502 g/mol. The molecule has 1 aromatic carbocycles. The largest absolute Gasteiger partial charge is 0.494 e. The molecule has 2 amide bonds. The van der Waals surface area contributed by atoms with E-state index in [-0.39, 0.29) is 23.6 Å². The number of aromatic nitrogens is 3. The molecule has 1 aliphatic carbocycles. The number of methoxy groups -OCH3 is 1. The fraction of sp³-hybridized carbons (Fsp3) is 0.407. The third kappa shape index (κ3) is 3.55. The number of pyridine rings is 1. The van der Waals surface area contributed by atoms with Gasteiger partial charge < -0.3 is 14.5 Å². The first kappa shape index (κ1) is 24.3. The number of anilines is 2. The van der Waals surface area contributed by atoms with Gasteiger partial charge in [0.2, 0.25) is 5.91 Å². The molecule has 6 rings (SSSR count). The van der Waals surface area contributed by atoms with Crippen molar-refractivity contribution in [1.29, 1.82) is 5.26 Å². The van der Waals surface area contributed by atoms with Crippen LogP contribution in [0.1, 0.15) is 50.8 Å². The second kappa shape index (κ2) is 9.06. The highest BCUT2D eigenvalue weighted by molar-refractivity contribution is 7.81. The molecule has 3 aromatic rings. The van der Waals surface area contributed by atoms with Crippen LogP contribution in [0.4, 0.5) is 11.4 Å². The molecule has 3 fully saturated rings. The Morgan fingerprint density at radius 1 is 1.18 bits per heavy atom. The molecule has 38 heavy (non-hydrogen) atoms. The van der Waals surface area contributed by atoms with Gasteiger partial charge in [0.25, 0.3) is 5.91 Å². The first-order valence-corrected chi connectivity index (χ1v) is 13.1. The first-order chi connectivity index (χ1) is 18.4. The number of carbonyl (C=O) groups excluding carboxylic acids is 2. The first-order valence-electron chi connectivity index (χ1n) is 12.7. The zero-order chi connectivity index (χ0) is 26.6. The zero-order valence-corrected chi connectivity index (χ0v) is 22.1. The number of rotatable bonds is 4. The van der Waals surface area contributed by atoms with Crippen LogP contribution in [-0.2, 0) is 9.59 Å². The summed E-state index contributed by atoms with van der Waals surface area (Å²) in [5.41, 5.74) is 1.76. The Morgan fingerprint density at radius 2 is 1.95 bits per heavy atom. The third-order valence-corrected chi connectivity index (χ3v) is 8.47. The predicted octanol–water partition coefficient (Wildman–Crippen LogP) is 3.56. The summed E-state index contributed by atoms with van der Waals surface area (Å²) >= 11 is 5.90. The number of hydrogen-bond donors (Lipinski definition) is 0. The van der Waals surface area contributed by atoms with Crippen LogP contribution in [0.25, 0.3) is 10.9 Å². The molecule has 2 saturated heterocycles. The summed E-state index contributed by atoms with van der Waals surface area (Å²) < 4.78 is 7.38. The summed E-state index contributed by atoms with van der Waals surface area (Å²) in [6, 6.07) is 9.97. The van der Waals surface area contributed by atoms with Crippen molar-refractivity contribution in [2.75, 3.05) is 30.0 Å². The zero-order valence-electron chi connectivity index (χ0n) is 21.3. The van der Waals surface area contributed by atoms with Crippen LogP contribution in [0.2, 0.25) is 0 Å². The molecule has 194 valence electrons. The molecule has 2 aliphatic heterocycles. The normalized spacial score (nSPS) is 19.2. The molecule has 2 aromatic heterocycles. The molecule has 0 N–H and O–H groups in total. The van der Waals surface area contributed by atoms with Crippen molar-refractivity contribution in [2.24, 2.45) is 0 Å². The molecule has 3 aliphatic rings. The Morgan fingerprint density at radius 3 is 2.58 bits per heavy atom. The molecule has 11 heteroatoms. The quantitative estimate of drug-likeness (QED) is 0.472. The number of hydrogen-bond acceptors (Lipinski definition) is 7. The van der Waals surface area contributed by atoms with Gasteiger partial charge in [-0.2, -0.15) is 10.4 Å². The number of nitriles is 1. The number of ether oxygens (including phenoxy) is 1. The van der Waals surface area contributed by atoms with Crippen molar-refractivity contribution < 1.29 is 14.3 Å².